The van der Waals surface area contributed by atoms with Crippen molar-refractivity contribution in [3.63, 3.8) is 0 Å². The fourth-order valence-electron chi connectivity index (χ4n) is 1.88. The topological polar surface area (TPSA) is 145 Å². The molecule has 0 aromatic heterocycles. The van der Waals surface area contributed by atoms with Gasteiger partial charge in [-0.1, -0.05) is 24.3 Å². The molecule has 0 aliphatic carbocycles. The molecule has 0 atom stereocenters. The van der Waals surface area contributed by atoms with E-state index in [1.807, 2.05) is 0 Å². The molecule has 8 nitrogen and oxygen atoms in total. The van der Waals surface area contributed by atoms with Gasteiger partial charge in [-0.3, -0.25) is 0 Å². The summed E-state index contributed by atoms with van der Waals surface area (Å²) < 4.78 is 30.3. The van der Waals surface area contributed by atoms with Gasteiger partial charge in [0.15, 0.2) is 0 Å². The molecule has 0 amide bonds. The van der Waals surface area contributed by atoms with Gasteiger partial charge < -0.3 is 37.8 Å². The first kappa shape index (κ1) is 32.3. The molecule has 0 aliphatic rings. The second-order valence-electron chi connectivity index (χ2n) is 4.14. The molecule has 0 N–H and O–H groups in total. The van der Waals surface area contributed by atoms with Crippen LogP contribution in [0.1, 0.15) is 5.56 Å². The summed E-state index contributed by atoms with van der Waals surface area (Å²) in [4.78, 5) is 43.1. The molecule has 25 heavy (non-hydrogen) atoms. The number of phosphoric acid groups is 2. The van der Waals surface area contributed by atoms with E-state index >= 15 is 0 Å². The Labute approximate surface area is 233 Å². The van der Waals surface area contributed by atoms with Crippen LogP contribution in [0.5, 0.6) is 11.5 Å². The Morgan fingerprint density at radius 3 is 1.68 bits per heavy atom. The monoisotopic (exact) mass is 422 g/mol. The van der Waals surface area contributed by atoms with Crippen LogP contribution in [0.3, 0.4) is 0 Å². The molecule has 14 heteroatoms. The van der Waals surface area contributed by atoms with Gasteiger partial charge in [-0.2, -0.15) is 0 Å². The SMILES string of the molecule is Cc1cc(OP(=O)([O-])[O-])c2ccccc2c1OP(=O)([O-])[O-].[Na+].[Na+].[Na+].[Na+]. The third-order valence-corrected chi connectivity index (χ3v) is 3.38. The zero-order valence-corrected chi connectivity index (χ0v) is 24.3. The van der Waals surface area contributed by atoms with Gasteiger partial charge in [0.1, 0.15) is 27.1 Å². The maximum atomic E-state index is 10.8. The maximum Gasteiger partial charge on any atom is 1.00 e. The van der Waals surface area contributed by atoms with Gasteiger partial charge in [-0.05, 0) is 18.6 Å². The summed E-state index contributed by atoms with van der Waals surface area (Å²) in [5.74, 6) is -0.506. The minimum Gasteiger partial charge on any atom is -0.780 e. The molecule has 0 unspecified atom stereocenters. The molecule has 0 fully saturated rings. The van der Waals surface area contributed by atoms with Gasteiger partial charge in [0.25, 0.3) is 0 Å². The van der Waals surface area contributed by atoms with Crippen LogP contribution in [0.15, 0.2) is 30.3 Å². The smallest absolute Gasteiger partial charge is 0.780 e. The summed E-state index contributed by atoms with van der Waals surface area (Å²) in [6.45, 7) is 1.38. The fourth-order valence-corrected chi connectivity index (χ4v) is 2.74. The molecule has 0 radical (unpaired) electrons. The van der Waals surface area contributed by atoms with Crippen molar-refractivity contribution in [2.75, 3.05) is 0 Å². The van der Waals surface area contributed by atoms with Gasteiger partial charge in [0.05, 0.1) is 0 Å². The van der Waals surface area contributed by atoms with Gasteiger partial charge in [-0.15, -0.1) is 0 Å². The third-order valence-electron chi connectivity index (χ3n) is 2.56. The van der Waals surface area contributed by atoms with Crippen LogP contribution in [0.25, 0.3) is 10.8 Å². The zero-order valence-electron chi connectivity index (χ0n) is 14.5. The molecule has 0 bridgehead atoms. The fraction of sp³-hybridized carbons (Fsp3) is 0.0909. The van der Waals surface area contributed by atoms with E-state index in [0.717, 1.165) is 6.07 Å². The van der Waals surface area contributed by atoms with E-state index in [2.05, 4.69) is 9.05 Å². The van der Waals surface area contributed by atoms with Crippen molar-refractivity contribution in [2.24, 2.45) is 0 Å². The van der Waals surface area contributed by atoms with Crippen LogP contribution in [0.4, 0.5) is 0 Å². The van der Waals surface area contributed by atoms with Crippen LogP contribution >= 0.6 is 15.6 Å². The summed E-state index contributed by atoms with van der Waals surface area (Å²) in [6.07, 6.45) is 0. The molecule has 0 spiro atoms. The van der Waals surface area contributed by atoms with Crippen molar-refractivity contribution in [3.05, 3.63) is 35.9 Å². The molecule has 2 aromatic carbocycles. The van der Waals surface area contributed by atoms with Crippen LogP contribution in [-0.2, 0) is 9.13 Å². The second kappa shape index (κ2) is 13.0. The molecular formula is C11H8Na4O8P2. The normalized spacial score (nSPS) is 10.4. The molecule has 2 aromatic rings. The van der Waals surface area contributed by atoms with Gasteiger partial charge >= 0.3 is 118 Å². The quantitative estimate of drug-likeness (QED) is 0.349. The van der Waals surface area contributed by atoms with Crippen LogP contribution in [0.2, 0.25) is 0 Å². The van der Waals surface area contributed by atoms with Crippen LogP contribution < -0.4 is 147 Å². The largest absolute Gasteiger partial charge is 1.00 e. The van der Waals surface area contributed by atoms with Crippen molar-refractivity contribution in [1.82, 2.24) is 0 Å². The number of hydrogen-bond acceptors (Lipinski definition) is 8. The first-order chi connectivity index (χ1) is 9.57. The Kier molecular flexibility index (Phi) is 16.8. The van der Waals surface area contributed by atoms with E-state index in [4.69, 9.17) is 0 Å². The van der Waals surface area contributed by atoms with Crippen molar-refractivity contribution >= 4 is 26.4 Å². The van der Waals surface area contributed by atoms with E-state index in [1.165, 1.54) is 31.2 Å². The minimum atomic E-state index is -5.29. The molecule has 114 valence electrons. The number of hydrogen-bond donors (Lipinski definition) is 0. The minimum absolute atomic E-state index is 0. The molecule has 0 saturated carbocycles. The molecule has 0 saturated heterocycles. The van der Waals surface area contributed by atoms with Crippen molar-refractivity contribution in [1.29, 1.82) is 0 Å². The third kappa shape index (κ3) is 10.3. The summed E-state index contributed by atoms with van der Waals surface area (Å²) in [5.41, 5.74) is 0.129. The maximum absolute atomic E-state index is 10.8. The van der Waals surface area contributed by atoms with Crippen molar-refractivity contribution in [2.45, 2.75) is 6.92 Å². The molecular weight excluding hydrogens is 414 g/mol. The number of phosphoric ester groups is 2. The Morgan fingerprint density at radius 2 is 1.24 bits per heavy atom. The predicted octanol–water partition coefficient (Wildman–Crippen LogP) is -12.4. The molecule has 0 aliphatic heterocycles. The first-order valence-corrected chi connectivity index (χ1v) is 8.44. The van der Waals surface area contributed by atoms with Gasteiger partial charge in [0, 0.05) is 10.8 Å². The van der Waals surface area contributed by atoms with Crippen molar-refractivity contribution < 1.29 is 156 Å². The summed E-state index contributed by atoms with van der Waals surface area (Å²) in [5, 5.41) is 0.256. The summed E-state index contributed by atoms with van der Waals surface area (Å²) in [6, 6.07) is 6.94. The average molecular weight is 422 g/mol. The Hall–Kier alpha value is 2.60. The summed E-state index contributed by atoms with van der Waals surface area (Å²) >= 11 is 0. The van der Waals surface area contributed by atoms with Crippen molar-refractivity contribution in [3.8, 4) is 11.5 Å². The van der Waals surface area contributed by atoms with Gasteiger partial charge in [-0.25, -0.2) is 0 Å². The Morgan fingerprint density at radius 1 is 0.800 bits per heavy atom. The van der Waals surface area contributed by atoms with E-state index in [-0.39, 0.29) is 146 Å². The zero-order chi connectivity index (χ0) is 15.8. The number of aryl methyl sites for hydroxylation is 1. The molecule has 0 heterocycles. The number of fused-ring (bicyclic) bond motifs is 1. The van der Waals surface area contributed by atoms with E-state index < -0.39 is 15.6 Å². The predicted molar refractivity (Wildman–Crippen MR) is 65.2 cm³/mol. The van der Waals surface area contributed by atoms with E-state index in [1.54, 1.807) is 0 Å². The Bertz CT molecular complexity index is 791. The van der Waals surface area contributed by atoms with E-state index in [0.29, 0.717) is 0 Å². The standard InChI is InChI=1S/C11H12O8P2.4Na/c1-7-6-10(18-20(12,13)14)8-4-2-3-5-9(8)11(7)19-21(15,16)17;;;;/h2-6H,1H3,(H2,12,13,14)(H2,15,16,17);;;;/q;4*+1/p-4. The van der Waals surface area contributed by atoms with Crippen LogP contribution in [0, 0.1) is 6.92 Å². The Balaban J connectivity index is -0.00000121. The molecule has 2 rings (SSSR count). The number of rotatable bonds is 4. The van der Waals surface area contributed by atoms with E-state index in [9.17, 15) is 28.7 Å². The average Bonchev–Trinajstić information content (AvgIpc) is 2.31. The summed E-state index contributed by atoms with van der Waals surface area (Å²) in [7, 11) is -10.6. The second-order valence-corrected chi connectivity index (χ2v) is 6.30. The van der Waals surface area contributed by atoms with Crippen LogP contribution in [-0.4, -0.2) is 0 Å². The first-order valence-electron chi connectivity index (χ1n) is 5.52. The van der Waals surface area contributed by atoms with Gasteiger partial charge in [0.2, 0.25) is 0 Å². The number of benzene rings is 2.